The van der Waals surface area contributed by atoms with Crippen LogP contribution in [0.1, 0.15) is 33.1 Å². The molecule has 0 spiro atoms. The molecule has 0 aromatic heterocycles. The smallest absolute Gasteiger partial charge is 0.101 e. The van der Waals surface area contributed by atoms with E-state index in [9.17, 15) is 5.11 Å². The minimum Gasteiger partial charge on any atom is -0.379 e. The summed E-state index contributed by atoms with van der Waals surface area (Å²) in [5.74, 6) is 0. The van der Waals surface area contributed by atoms with Crippen molar-refractivity contribution in [2.45, 2.75) is 38.7 Å². The lowest BCUT2D eigenvalue weighted by Gasteiger charge is -2.27. The summed E-state index contributed by atoms with van der Waals surface area (Å²) in [6.45, 7) is 8.60. The molecule has 1 rings (SSSR count). The van der Waals surface area contributed by atoms with E-state index < -0.39 is 5.60 Å². The average molecular weight is 200 g/mol. The first-order valence-electron chi connectivity index (χ1n) is 5.64. The Morgan fingerprint density at radius 2 is 2.00 bits per heavy atom. The van der Waals surface area contributed by atoms with E-state index >= 15 is 0 Å². The van der Waals surface area contributed by atoms with Crippen LogP contribution in [-0.2, 0) is 9.84 Å². The number of morpholine rings is 1. The molecule has 0 N–H and O–H groups in total. The van der Waals surface area contributed by atoms with E-state index in [1.807, 2.05) is 13.8 Å². The third-order valence-corrected chi connectivity index (χ3v) is 3.03. The molecule has 0 aromatic carbocycles. The van der Waals surface area contributed by atoms with Crippen molar-refractivity contribution in [1.29, 1.82) is 0 Å². The molecule has 1 fully saturated rings. The summed E-state index contributed by atoms with van der Waals surface area (Å²) in [6, 6.07) is 0. The molecule has 14 heavy (non-hydrogen) atoms. The Balaban J connectivity index is 2.08. The van der Waals surface area contributed by atoms with Crippen molar-refractivity contribution in [2.75, 3.05) is 32.8 Å². The highest BCUT2D eigenvalue weighted by Gasteiger charge is 2.20. The first-order chi connectivity index (χ1) is 6.64. The normalized spacial score (nSPS) is 23.4. The van der Waals surface area contributed by atoms with Gasteiger partial charge in [0, 0.05) is 13.1 Å². The highest BCUT2D eigenvalue weighted by atomic mass is 16.5. The zero-order valence-corrected chi connectivity index (χ0v) is 9.42. The molecule has 0 saturated carbocycles. The largest absolute Gasteiger partial charge is 0.379 e. The van der Waals surface area contributed by atoms with Crippen molar-refractivity contribution in [3.05, 3.63) is 0 Å². The lowest BCUT2D eigenvalue weighted by molar-refractivity contribution is -0.0288. The second kappa shape index (κ2) is 5.69. The van der Waals surface area contributed by atoms with E-state index in [0.29, 0.717) is 0 Å². The van der Waals surface area contributed by atoms with Gasteiger partial charge in [-0.1, -0.05) is 6.92 Å². The van der Waals surface area contributed by atoms with Crippen molar-refractivity contribution in [2.24, 2.45) is 0 Å². The summed E-state index contributed by atoms with van der Waals surface area (Å²) in [6.07, 6.45) is 2.55. The Morgan fingerprint density at radius 3 is 2.57 bits per heavy atom. The Hall–Kier alpha value is -0.120. The monoisotopic (exact) mass is 200 g/mol. The molecule has 0 amide bonds. The molecule has 0 bridgehead atoms. The Bertz CT molecular complexity index is 153. The van der Waals surface area contributed by atoms with Crippen LogP contribution in [0.25, 0.3) is 0 Å². The van der Waals surface area contributed by atoms with E-state index in [2.05, 4.69) is 4.90 Å². The predicted octanol–water partition coefficient (Wildman–Crippen LogP) is 1.70. The number of hydrogen-bond acceptors (Lipinski definition) is 2. The fraction of sp³-hybridized carbons (Fsp3) is 1.00. The number of nitrogens with zero attached hydrogens (tertiary/aromatic N) is 1. The van der Waals surface area contributed by atoms with Gasteiger partial charge in [-0.2, -0.15) is 0 Å². The highest BCUT2D eigenvalue weighted by Crippen LogP contribution is 2.17. The molecular formula is C11H22NO2. The second-order valence-electron chi connectivity index (χ2n) is 4.36. The summed E-state index contributed by atoms with van der Waals surface area (Å²) in [7, 11) is 0. The maximum absolute atomic E-state index is 11.7. The Kier molecular flexibility index (Phi) is 4.85. The van der Waals surface area contributed by atoms with Gasteiger partial charge in [0.1, 0.15) is 5.60 Å². The van der Waals surface area contributed by atoms with Gasteiger partial charge in [-0.25, -0.2) is 5.11 Å². The fourth-order valence-electron chi connectivity index (χ4n) is 1.68. The maximum atomic E-state index is 11.7. The van der Waals surface area contributed by atoms with Crippen molar-refractivity contribution >= 4 is 0 Å². The number of hydrogen-bond donors (Lipinski definition) is 0. The van der Waals surface area contributed by atoms with Gasteiger partial charge >= 0.3 is 0 Å². The van der Waals surface area contributed by atoms with Crippen LogP contribution in [0.2, 0.25) is 0 Å². The zero-order valence-electron chi connectivity index (χ0n) is 9.42. The first-order valence-corrected chi connectivity index (χ1v) is 5.64. The van der Waals surface area contributed by atoms with Crippen molar-refractivity contribution < 1.29 is 9.84 Å². The SMILES string of the molecule is CCC(C)([O])CCCN1CCOCC1. The number of rotatable bonds is 5. The van der Waals surface area contributed by atoms with Gasteiger partial charge in [0.2, 0.25) is 0 Å². The minimum absolute atomic E-state index is 0.716. The summed E-state index contributed by atoms with van der Waals surface area (Å²) < 4.78 is 5.26. The third kappa shape index (κ3) is 4.40. The summed E-state index contributed by atoms with van der Waals surface area (Å²) in [4.78, 5) is 2.38. The molecule has 0 aliphatic carbocycles. The molecule has 1 aliphatic rings. The van der Waals surface area contributed by atoms with Gasteiger partial charge < -0.3 is 4.74 Å². The van der Waals surface area contributed by atoms with Gasteiger partial charge in [0.05, 0.1) is 13.2 Å². The molecule has 3 heteroatoms. The first kappa shape index (κ1) is 12.0. The molecule has 1 unspecified atom stereocenters. The van der Waals surface area contributed by atoms with Gasteiger partial charge in [0.15, 0.2) is 0 Å². The summed E-state index contributed by atoms with van der Waals surface area (Å²) in [5, 5.41) is 11.7. The van der Waals surface area contributed by atoms with Crippen LogP contribution < -0.4 is 0 Å². The average Bonchev–Trinajstić information content (AvgIpc) is 2.19. The van der Waals surface area contributed by atoms with E-state index in [1.54, 1.807) is 0 Å². The molecule has 1 heterocycles. The molecule has 0 aromatic rings. The van der Waals surface area contributed by atoms with Crippen molar-refractivity contribution in [1.82, 2.24) is 4.90 Å². The highest BCUT2D eigenvalue weighted by molar-refractivity contribution is 4.71. The zero-order chi connectivity index (χ0) is 10.4. The van der Waals surface area contributed by atoms with Crippen molar-refractivity contribution in [3.63, 3.8) is 0 Å². The maximum Gasteiger partial charge on any atom is 0.101 e. The van der Waals surface area contributed by atoms with Gasteiger partial charge in [-0.15, -0.1) is 0 Å². The van der Waals surface area contributed by atoms with Crippen LogP contribution in [0.15, 0.2) is 0 Å². The molecule has 1 atom stereocenters. The fourth-order valence-corrected chi connectivity index (χ4v) is 1.68. The molecule has 1 saturated heterocycles. The van der Waals surface area contributed by atoms with Crippen LogP contribution in [-0.4, -0.2) is 43.3 Å². The van der Waals surface area contributed by atoms with Gasteiger partial charge in [-0.05, 0) is 32.7 Å². The number of ether oxygens (including phenoxy) is 1. The standard InChI is InChI=1S/C11H22NO2/c1-3-11(2,13)5-4-6-12-7-9-14-10-8-12/h3-10H2,1-2H3. The van der Waals surface area contributed by atoms with Crippen LogP contribution in [0.5, 0.6) is 0 Å². The van der Waals surface area contributed by atoms with Crippen LogP contribution in [0.4, 0.5) is 0 Å². The quantitative estimate of drug-likeness (QED) is 0.676. The lowest BCUT2D eigenvalue weighted by atomic mass is 9.97. The van der Waals surface area contributed by atoms with E-state index in [-0.39, 0.29) is 0 Å². The minimum atomic E-state index is -0.716. The van der Waals surface area contributed by atoms with E-state index in [1.165, 1.54) is 0 Å². The Labute approximate surface area is 87.1 Å². The molecule has 83 valence electrons. The summed E-state index contributed by atoms with van der Waals surface area (Å²) >= 11 is 0. The van der Waals surface area contributed by atoms with Crippen LogP contribution in [0, 0.1) is 0 Å². The molecule has 1 radical (unpaired) electrons. The van der Waals surface area contributed by atoms with Gasteiger partial charge in [-0.3, -0.25) is 4.90 Å². The topological polar surface area (TPSA) is 32.4 Å². The Morgan fingerprint density at radius 1 is 1.36 bits per heavy atom. The molecule has 3 nitrogen and oxygen atoms in total. The van der Waals surface area contributed by atoms with Crippen LogP contribution in [0.3, 0.4) is 0 Å². The summed E-state index contributed by atoms with van der Waals surface area (Å²) in [5.41, 5.74) is -0.716. The second-order valence-corrected chi connectivity index (χ2v) is 4.36. The predicted molar refractivity (Wildman–Crippen MR) is 55.9 cm³/mol. The van der Waals surface area contributed by atoms with Crippen molar-refractivity contribution in [3.8, 4) is 0 Å². The van der Waals surface area contributed by atoms with Gasteiger partial charge in [0.25, 0.3) is 0 Å². The molecule has 1 aliphatic heterocycles. The molecular weight excluding hydrogens is 178 g/mol. The van der Waals surface area contributed by atoms with E-state index in [0.717, 1.165) is 52.1 Å². The third-order valence-electron chi connectivity index (χ3n) is 3.03. The van der Waals surface area contributed by atoms with Crippen LogP contribution >= 0.6 is 0 Å². The lowest BCUT2D eigenvalue weighted by Crippen LogP contribution is -2.37. The van der Waals surface area contributed by atoms with E-state index in [4.69, 9.17) is 4.74 Å².